The molecular formula is C17H23N3O2S. The van der Waals surface area contributed by atoms with Gasteiger partial charge in [0.2, 0.25) is 5.12 Å². The SMILES string of the molecule is CN1CCC(NC=NCc2ccco2)=C(C(=O)SC2CCC2)C1. The maximum Gasteiger partial charge on any atom is 0.218 e. The minimum absolute atomic E-state index is 0.225. The molecule has 1 N–H and O–H groups in total. The normalized spacial score (nSPS) is 20.0. The highest BCUT2D eigenvalue weighted by atomic mass is 32.2. The summed E-state index contributed by atoms with van der Waals surface area (Å²) in [4.78, 5) is 19.1. The van der Waals surface area contributed by atoms with Crippen molar-refractivity contribution < 1.29 is 9.21 Å². The van der Waals surface area contributed by atoms with Crippen molar-refractivity contribution in [2.75, 3.05) is 20.1 Å². The largest absolute Gasteiger partial charge is 0.467 e. The van der Waals surface area contributed by atoms with Gasteiger partial charge in [-0.05, 0) is 32.0 Å². The molecule has 0 spiro atoms. The van der Waals surface area contributed by atoms with E-state index in [0.717, 1.165) is 30.0 Å². The molecule has 0 atom stereocenters. The Balaban J connectivity index is 1.60. The third-order valence-corrected chi connectivity index (χ3v) is 5.53. The Morgan fingerprint density at radius 2 is 2.43 bits per heavy atom. The standard InChI is InChI=1S/C17H23N3O2S/c1-20-8-7-16(19-12-18-10-13-4-3-9-22-13)15(11-20)17(21)23-14-5-2-6-14/h3-4,9,12,14H,2,5-8,10-11H2,1H3,(H,18,19). The average molecular weight is 333 g/mol. The van der Waals surface area contributed by atoms with E-state index in [1.807, 2.05) is 12.1 Å². The number of hydrogen-bond donors (Lipinski definition) is 1. The van der Waals surface area contributed by atoms with E-state index in [1.165, 1.54) is 31.0 Å². The number of nitrogens with one attached hydrogen (secondary N) is 1. The molecule has 0 amide bonds. The maximum atomic E-state index is 12.6. The van der Waals surface area contributed by atoms with Gasteiger partial charge in [0, 0.05) is 36.0 Å². The predicted octanol–water partition coefficient (Wildman–Crippen LogP) is 2.80. The van der Waals surface area contributed by atoms with E-state index in [4.69, 9.17) is 4.42 Å². The van der Waals surface area contributed by atoms with E-state index in [1.54, 1.807) is 12.6 Å². The summed E-state index contributed by atoms with van der Waals surface area (Å²) in [6.07, 6.45) is 7.79. The summed E-state index contributed by atoms with van der Waals surface area (Å²) in [5.41, 5.74) is 1.92. The molecule has 1 aliphatic heterocycles. The number of likely N-dealkylation sites (N-methyl/N-ethyl adjacent to an activating group) is 1. The zero-order valence-corrected chi connectivity index (χ0v) is 14.3. The Bertz CT molecular complexity index is 591. The first-order valence-electron chi connectivity index (χ1n) is 8.11. The smallest absolute Gasteiger partial charge is 0.218 e. The Morgan fingerprint density at radius 3 is 3.13 bits per heavy atom. The van der Waals surface area contributed by atoms with Crippen molar-refractivity contribution in [2.45, 2.75) is 37.5 Å². The molecule has 0 aromatic carbocycles. The lowest BCUT2D eigenvalue weighted by Crippen LogP contribution is -2.34. The van der Waals surface area contributed by atoms with Gasteiger partial charge in [0.05, 0.1) is 19.1 Å². The zero-order valence-electron chi connectivity index (χ0n) is 13.5. The second-order valence-corrected chi connectivity index (χ2v) is 7.37. The fourth-order valence-corrected chi connectivity index (χ4v) is 3.82. The number of nitrogens with zero attached hydrogens (tertiary/aromatic N) is 2. The lowest BCUT2D eigenvalue weighted by molar-refractivity contribution is -0.108. The fourth-order valence-electron chi connectivity index (χ4n) is 2.62. The van der Waals surface area contributed by atoms with Gasteiger partial charge in [-0.25, -0.2) is 0 Å². The second-order valence-electron chi connectivity index (χ2n) is 6.10. The number of aliphatic imine (C=N–C) groups is 1. The highest BCUT2D eigenvalue weighted by Crippen LogP contribution is 2.34. The highest BCUT2D eigenvalue weighted by Gasteiger charge is 2.27. The number of furan rings is 1. The minimum atomic E-state index is 0.225. The Hall–Kier alpha value is -1.53. The van der Waals surface area contributed by atoms with E-state index in [2.05, 4.69) is 22.3 Å². The van der Waals surface area contributed by atoms with Gasteiger partial charge in [0.15, 0.2) is 0 Å². The van der Waals surface area contributed by atoms with Gasteiger partial charge in [-0.1, -0.05) is 18.2 Å². The van der Waals surface area contributed by atoms with Crippen LogP contribution in [0.2, 0.25) is 0 Å². The molecule has 1 aromatic rings. The van der Waals surface area contributed by atoms with Crippen molar-refractivity contribution in [1.29, 1.82) is 0 Å². The molecule has 1 fully saturated rings. The Morgan fingerprint density at radius 1 is 1.57 bits per heavy atom. The number of carbonyl (C=O) groups is 1. The van der Waals surface area contributed by atoms with E-state index in [9.17, 15) is 4.79 Å². The highest BCUT2D eigenvalue weighted by molar-refractivity contribution is 8.14. The monoisotopic (exact) mass is 333 g/mol. The van der Waals surface area contributed by atoms with Crippen LogP contribution < -0.4 is 5.32 Å². The van der Waals surface area contributed by atoms with Gasteiger partial charge in [-0.3, -0.25) is 9.79 Å². The summed E-state index contributed by atoms with van der Waals surface area (Å²) in [6, 6.07) is 3.75. The zero-order chi connectivity index (χ0) is 16.1. The quantitative estimate of drug-likeness (QED) is 0.641. The maximum absolute atomic E-state index is 12.6. The van der Waals surface area contributed by atoms with E-state index in [-0.39, 0.29) is 5.12 Å². The molecule has 0 saturated heterocycles. The van der Waals surface area contributed by atoms with Crippen LogP contribution in [-0.2, 0) is 11.3 Å². The van der Waals surface area contributed by atoms with E-state index in [0.29, 0.717) is 18.3 Å². The van der Waals surface area contributed by atoms with Crippen LogP contribution in [0.15, 0.2) is 39.1 Å². The van der Waals surface area contributed by atoms with Gasteiger partial charge in [0.1, 0.15) is 5.76 Å². The van der Waals surface area contributed by atoms with Crippen LogP contribution in [0.5, 0.6) is 0 Å². The van der Waals surface area contributed by atoms with Crippen LogP contribution in [0.3, 0.4) is 0 Å². The van der Waals surface area contributed by atoms with Crippen molar-refractivity contribution >= 4 is 23.2 Å². The molecule has 1 aliphatic carbocycles. The van der Waals surface area contributed by atoms with Crippen LogP contribution in [0, 0.1) is 0 Å². The summed E-state index contributed by atoms with van der Waals surface area (Å²) >= 11 is 1.51. The molecule has 0 unspecified atom stereocenters. The van der Waals surface area contributed by atoms with Crippen LogP contribution in [0.25, 0.3) is 0 Å². The lowest BCUT2D eigenvalue weighted by Gasteiger charge is -2.29. The summed E-state index contributed by atoms with van der Waals surface area (Å²) in [7, 11) is 2.06. The third kappa shape index (κ3) is 4.48. The van der Waals surface area contributed by atoms with Crippen LogP contribution >= 0.6 is 11.8 Å². The molecule has 23 heavy (non-hydrogen) atoms. The topological polar surface area (TPSA) is 57.8 Å². The van der Waals surface area contributed by atoms with Crippen LogP contribution in [0.4, 0.5) is 0 Å². The summed E-state index contributed by atoms with van der Waals surface area (Å²) in [5.74, 6) is 0.831. The number of carbonyl (C=O) groups excluding carboxylic acids is 1. The predicted molar refractivity (Wildman–Crippen MR) is 93.4 cm³/mol. The third-order valence-electron chi connectivity index (χ3n) is 4.27. The lowest BCUT2D eigenvalue weighted by atomic mass is 10.00. The summed E-state index contributed by atoms with van der Waals surface area (Å²) in [5, 5.41) is 3.98. The van der Waals surface area contributed by atoms with Crippen LogP contribution in [0.1, 0.15) is 31.4 Å². The van der Waals surface area contributed by atoms with Gasteiger partial charge < -0.3 is 14.6 Å². The minimum Gasteiger partial charge on any atom is -0.467 e. The van der Waals surface area contributed by atoms with Crippen molar-refractivity contribution in [1.82, 2.24) is 10.2 Å². The first-order valence-corrected chi connectivity index (χ1v) is 8.99. The van der Waals surface area contributed by atoms with Crippen molar-refractivity contribution in [2.24, 2.45) is 4.99 Å². The molecule has 5 nitrogen and oxygen atoms in total. The fraction of sp³-hybridized carbons (Fsp3) is 0.529. The van der Waals surface area contributed by atoms with Crippen LogP contribution in [-0.4, -0.2) is 41.7 Å². The van der Waals surface area contributed by atoms with Crippen molar-refractivity contribution in [3.05, 3.63) is 35.4 Å². The van der Waals surface area contributed by atoms with Crippen molar-refractivity contribution in [3.63, 3.8) is 0 Å². The number of hydrogen-bond acceptors (Lipinski definition) is 5. The van der Waals surface area contributed by atoms with Gasteiger partial charge >= 0.3 is 0 Å². The summed E-state index contributed by atoms with van der Waals surface area (Å²) < 4.78 is 5.24. The van der Waals surface area contributed by atoms with E-state index >= 15 is 0 Å². The number of rotatable bonds is 6. The van der Waals surface area contributed by atoms with Gasteiger partial charge in [-0.2, -0.15) is 0 Å². The Labute approximate surface area is 141 Å². The number of thioether (sulfide) groups is 1. The average Bonchev–Trinajstić information content (AvgIpc) is 3.01. The molecule has 2 aliphatic rings. The molecular weight excluding hydrogens is 310 g/mol. The summed E-state index contributed by atoms with van der Waals surface area (Å²) in [6.45, 7) is 2.18. The van der Waals surface area contributed by atoms with Crippen molar-refractivity contribution in [3.8, 4) is 0 Å². The van der Waals surface area contributed by atoms with E-state index < -0.39 is 0 Å². The molecule has 0 radical (unpaired) electrons. The molecule has 6 heteroatoms. The molecule has 1 aromatic heterocycles. The first-order chi connectivity index (χ1) is 11.2. The molecule has 0 bridgehead atoms. The molecule has 1 saturated carbocycles. The van der Waals surface area contributed by atoms with Gasteiger partial charge in [-0.15, -0.1) is 0 Å². The first kappa shape index (κ1) is 16.3. The molecule has 2 heterocycles. The van der Waals surface area contributed by atoms with Gasteiger partial charge in [0.25, 0.3) is 0 Å². The molecule has 3 rings (SSSR count). The Kier molecular flexibility index (Phi) is 5.56. The second kappa shape index (κ2) is 7.84. The molecule has 124 valence electrons.